The summed E-state index contributed by atoms with van der Waals surface area (Å²) in [6.07, 6.45) is 0.458. The Morgan fingerprint density at radius 3 is 2.67 bits per heavy atom. The third-order valence-corrected chi connectivity index (χ3v) is 4.10. The van der Waals surface area contributed by atoms with Crippen molar-refractivity contribution in [1.29, 1.82) is 0 Å². The van der Waals surface area contributed by atoms with Gasteiger partial charge in [-0.1, -0.05) is 12.1 Å². The van der Waals surface area contributed by atoms with E-state index in [0.717, 1.165) is 0 Å². The highest BCUT2D eigenvalue weighted by Gasteiger charge is 2.30. The molecule has 6 nitrogen and oxygen atoms in total. The Kier molecular flexibility index (Phi) is 4.95. The molecule has 0 aliphatic carbocycles. The van der Waals surface area contributed by atoms with E-state index >= 15 is 0 Å². The van der Waals surface area contributed by atoms with Crippen molar-refractivity contribution in [1.82, 2.24) is 10.2 Å². The van der Waals surface area contributed by atoms with Crippen LogP contribution in [0.2, 0.25) is 0 Å². The zero-order valence-corrected chi connectivity index (χ0v) is 12.8. The van der Waals surface area contributed by atoms with Gasteiger partial charge < -0.3 is 15.3 Å². The zero-order valence-electron chi connectivity index (χ0n) is 11.2. The molecule has 0 saturated carbocycles. The topological polar surface area (TPSA) is 86.7 Å². The molecule has 1 aliphatic heterocycles. The second-order valence-corrected chi connectivity index (χ2v) is 5.68. The van der Waals surface area contributed by atoms with E-state index in [1.54, 1.807) is 24.3 Å². The van der Waals surface area contributed by atoms with E-state index in [0.29, 0.717) is 23.0 Å². The summed E-state index contributed by atoms with van der Waals surface area (Å²) >= 11 is 3.27. The number of hydrogen-bond donors (Lipinski definition) is 2. The molecule has 1 aromatic rings. The Hall–Kier alpha value is -1.89. The Balaban J connectivity index is 1.86. The lowest BCUT2D eigenvalue weighted by Crippen LogP contribution is -2.39. The van der Waals surface area contributed by atoms with Gasteiger partial charge in [0.05, 0.1) is 18.0 Å². The van der Waals surface area contributed by atoms with Crippen LogP contribution >= 0.6 is 15.9 Å². The van der Waals surface area contributed by atoms with Crippen LogP contribution < -0.4 is 5.32 Å². The van der Waals surface area contributed by atoms with Crippen molar-refractivity contribution in [2.75, 3.05) is 19.6 Å². The summed E-state index contributed by atoms with van der Waals surface area (Å²) in [5.41, 5.74) is 0.454. The second kappa shape index (κ2) is 6.71. The number of likely N-dealkylation sites (tertiary alicyclic amines) is 1. The molecule has 2 rings (SSSR count). The molecule has 7 heteroatoms. The van der Waals surface area contributed by atoms with Crippen LogP contribution in [0, 0.1) is 5.92 Å². The van der Waals surface area contributed by atoms with Gasteiger partial charge in [-0.2, -0.15) is 0 Å². The summed E-state index contributed by atoms with van der Waals surface area (Å²) in [6.45, 7) is 0.492. The van der Waals surface area contributed by atoms with E-state index in [1.807, 2.05) is 0 Å². The van der Waals surface area contributed by atoms with Crippen LogP contribution in [-0.2, 0) is 9.59 Å². The summed E-state index contributed by atoms with van der Waals surface area (Å²) < 4.78 is 0.655. The number of carbonyl (C=O) groups excluding carboxylic acids is 2. The van der Waals surface area contributed by atoms with Gasteiger partial charge in [-0.15, -0.1) is 0 Å². The number of amides is 2. The standard InChI is InChI=1S/C14H15BrN2O4/c15-11-4-2-1-3-10(11)13(19)16-7-12(18)17-6-5-9(8-17)14(20)21/h1-4,9H,5-8H2,(H,16,19)(H,20,21). The first kappa shape index (κ1) is 15.5. The first-order chi connectivity index (χ1) is 9.99. The molecule has 1 heterocycles. The van der Waals surface area contributed by atoms with Crippen LogP contribution in [0.25, 0.3) is 0 Å². The summed E-state index contributed by atoms with van der Waals surface area (Å²) in [7, 11) is 0. The number of nitrogens with one attached hydrogen (secondary N) is 1. The smallest absolute Gasteiger partial charge is 0.308 e. The molecule has 0 radical (unpaired) electrons. The van der Waals surface area contributed by atoms with E-state index in [1.165, 1.54) is 4.90 Å². The predicted molar refractivity (Wildman–Crippen MR) is 78.8 cm³/mol. The van der Waals surface area contributed by atoms with Crippen molar-refractivity contribution in [2.24, 2.45) is 5.92 Å². The van der Waals surface area contributed by atoms with Crippen molar-refractivity contribution >= 4 is 33.7 Å². The van der Waals surface area contributed by atoms with E-state index in [-0.39, 0.29) is 24.9 Å². The van der Waals surface area contributed by atoms with E-state index in [4.69, 9.17) is 5.11 Å². The van der Waals surface area contributed by atoms with Gasteiger partial charge in [0.2, 0.25) is 5.91 Å². The molecule has 112 valence electrons. The fraction of sp³-hybridized carbons (Fsp3) is 0.357. The number of benzene rings is 1. The number of carboxylic acids is 1. The molecule has 0 bridgehead atoms. The minimum Gasteiger partial charge on any atom is -0.481 e. The van der Waals surface area contributed by atoms with Crippen molar-refractivity contribution in [3.63, 3.8) is 0 Å². The van der Waals surface area contributed by atoms with Crippen molar-refractivity contribution in [3.8, 4) is 0 Å². The van der Waals surface area contributed by atoms with E-state index < -0.39 is 11.9 Å². The third kappa shape index (κ3) is 3.81. The summed E-state index contributed by atoms with van der Waals surface area (Å²) in [4.78, 5) is 36.2. The molecule has 1 unspecified atom stereocenters. The number of carbonyl (C=O) groups is 3. The maximum Gasteiger partial charge on any atom is 0.308 e. The van der Waals surface area contributed by atoms with Crippen LogP contribution in [0.15, 0.2) is 28.7 Å². The lowest BCUT2D eigenvalue weighted by Gasteiger charge is -2.16. The van der Waals surface area contributed by atoms with Crippen molar-refractivity contribution in [3.05, 3.63) is 34.3 Å². The quantitative estimate of drug-likeness (QED) is 0.847. The van der Waals surface area contributed by atoms with Gasteiger partial charge in [-0.05, 0) is 34.5 Å². The Morgan fingerprint density at radius 1 is 1.33 bits per heavy atom. The first-order valence-electron chi connectivity index (χ1n) is 6.52. The van der Waals surface area contributed by atoms with Gasteiger partial charge in [-0.25, -0.2) is 0 Å². The van der Waals surface area contributed by atoms with Gasteiger partial charge >= 0.3 is 5.97 Å². The monoisotopic (exact) mass is 354 g/mol. The molecular weight excluding hydrogens is 340 g/mol. The minimum absolute atomic E-state index is 0.132. The lowest BCUT2D eigenvalue weighted by atomic mass is 10.1. The summed E-state index contributed by atoms with van der Waals surface area (Å²) in [5, 5.41) is 11.5. The lowest BCUT2D eigenvalue weighted by molar-refractivity contribution is -0.141. The zero-order chi connectivity index (χ0) is 15.4. The molecule has 0 spiro atoms. The minimum atomic E-state index is -0.887. The Bertz CT molecular complexity index is 576. The van der Waals surface area contributed by atoms with Gasteiger partial charge in [0.25, 0.3) is 5.91 Å². The SMILES string of the molecule is O=C(NCC(=O)N1CCC(C(=O)O)C1)c1ccccc1Br. The predicted octanol–water partition coefficient (Wildman–Crippen LogP) is 1.11. The Morgan fingerprint density at radius 2 is 2.05 bits per heavy atom. The number of aliphatic carboxylic acids is 1. The molecule has 1 fully saturated rings. The summed E-state index contributed by atoms with van der Waals surface area (Å²) in [6, 6.07) is 6.93. The first-order valence-corrected chi connectivity index (χ1v) is 7.31. The largest absolute Gasteiger partial charge is 0.481 e. The van der Waals surface area contributed by atoms with Gasteiger partial charge in [0, 0.05) is 17.6 Å². The summed E-state index contributed by atoms with van der Waals surface area (Å²) in [5.74, 6) is -2.00. The highest BCUT2D eigenvalue weighted by Crippen LogP contribution is 2.17. The number of rotatable bonds is 4. The highest BCUT2D eigenvalue weighted by atomic mass is 79.9. The number of hydrogen-bond acceptors (Lipinski definition) is 3. The number of carboxylic acid groups (broad SMARTS) is 1. The van der Waals surface area contributed by atoms with Crippen molar-refractivity contribution < 1.29 is 19.5 Å². The number of halogens is 1. The molecule has 2 N–H and O–H groups in total. The van der Waals surface area contributed by atoms with Crippen LogP contribution in [0.5, 0.6) is 0 Å². The molecule has 1 aliphatic rings. The van der Waals surface area contributed by atoms with Crippen LogP contribution in [-0.4, -0.2) is 47.4 Å². The fourth-order valence-electron chi connectivity index (χ4n) is 2.20. The third-order valence-electron chi connectivity index (χ3n) is 3.41. The fourth-order valence-corrected chi connectivity index (χ4v) is 2.66. The van der Waals surface area contributed by atoms with E-state index in [2.05, 4.69) is 21.2 Å². The molecule has 21 heavy (non-hydrogen) atoms. The van der Waals surface area contributed by atoms with Crippen LogP contribution in [0.4, 0.5) is 0 Å². The van der Waals surface area contributed by atoms with Gasteiger partial charge in [-0.3, -0.25) is 14.4 Å². The molecule has 0 aromatic heterocycles. The van der Waals surface area contributed by atoms with E-state index in [9.17, 15) is 14.4 Å². The maximum atomic E-state index is 12.0. The van der Waals surface area contributed by atoms with Crippen LogP contribution in [0.1, 0.15) is 16.8 Å². The highest BCUT2D eigenvalue weighted by molar-refractivity contribution is 9.10. The maximum absolute atomic E-state index is 12.0. The second-order valence-electron chi connectivity index (χ2n) is 4.83. The number of nitrogens with zero attached hydrogens (tertiary/aromatic N) is 1. The average molecular weight is 355 g/mol. The van der Waals surface area contributed by atoms with Crippen LogP contribution in [0.3, 0.4) is 0 Å². The van der Waals surface area contributed by atoms with Gasteiger partial charge in [0.15, 0.2) is 0 Å². The normalized spacial score (nSPS) is 17.6. The average Bonchev–Trinajstić information content (AvgIpc) is 2.95. The molecule has 2 amide bonds. The molecule has 1 aromatic carbocycles. The van der Waals surface area contributed by atoms with Gasteiger partial charge in [0.1, 0.15) is 0 Å². The van der Waals surface area contributed by atoms with Crippen molar-refractivity contribution in [2.45, 2.75) is 6.42 Å². The molecule has 1 atom stereocenters. The Labute approximate surface area is 130 Å². The molecular formula is C14H15BrN2O4. The molecule has 1 saturated heterocycles.